The minimum atomic E-state index is -1.49. The molecule has 3 aromatic rings. The molecule has 0 bridgehead atoms. The number of aromatic nitrogens is 1. The third-order valence-electron chi connectivity index (χ3n) is 4.87. The van der Waals surface area contributed by atoms with Gasteiger partial charge in [-0.2, -0.15) is 0 Å². The molecule has 0 fully saturated rings. The SMILES string of the molecule is COc1cc(C(=O)c2ccccn2)cc(C(=O)N(CC(N)=O)CC(Oc2ccccc2)C(=O)O)c1. The van der Waals surface area contributed by atoms with E-state index in [1.165, 1.54) is 37.6 Å². The van der Waals surface area contributed by atoms with Crippen LogP contribution in [0.15, 0.2) is 72.9 Å². The van der Waals surface area contributed by atoms with E-state index in [-0.39, 0.29) is 28.3 Å². The molecule has 0 radical (unpaired) electrons. The highest BCUT2D eigenvalue weighted by molar-refractivity contribution is 6.09. The minimum Gasteiger partial charge on any atom is -0.497 e. The molecule has 1 unspecified atom stereocenters. The van der Waals surface area contributed by atoms with Gasteiger partial charge < -0.3 is 25.2 Å². The second-order valence-electron chi connectivity index (χ2n) is 7.40. The van der Waals surface area contributed by atoms with Gasteiger partial charge in [-0.25, -0.2) is 4.79 Å². The number of ether oxygens (including phenoxy) is 2. The Balaban J connectivity index is 1.93. The lowest BCUT2D eigenvalue weighted by atomic mass is 10.0. The van der Waals surface area contributed by atoms with E-state index in [1.54, 1.807) is 42.5 Å². The van der Waals surface area contributed by atoms with Crippen molar-refractivity contribution in [3.05, 3.63) is 89.7 Å². The Kier molecular flexibility index (Phi) is 8.12. The maximum atomic E-state index is 13.4. The van der Waals surface area contributed by atoms with E-state index in [2.05, 4.69) is 4.98 Å². The average molecular weight is 477 g/mol. The second kappa shape index (κ2) is 11.4. The fraction of sp³-hybridized carbons (Fsp3) is 0.160. The van der Waals surface area contributed by atoms with Gasteiger partial charge in [0, 0.05) is 17.3 Å². The quantitative estimate of drug-likeness (QED) is 0.397. The molecule has 0 aliphatic carbocycles. The number of carbonyl (C=O) groups is 4. The molecule has 0 aliphatic rings. The lowest BCUT2D eigenvalue weighted by molar-refractivity contribution is -0.146. The fourth-order valence-corrected chi connectivity index (χ4v) is 3.24. The van der Waals surface area contributed by atoms with E-state index in [4.69, 9.17) is 15.2 Å². The zero-order valence-electron chi connectivity index (χ0n) is 18.8. The number of rotatable bonds is 11. The third-order valence-corrected chi connectivity index (χ3v) is 4.87. The van der Waals surface area contributed by atoms with Crippen LogP contribution in [0.2, 0.25) is 0 Å². The van der Waals surface area contributed by atoms with Crippen molar-refractivity contribution in [3.63, 3.8) is 0 Å². The number of carbonyl (C=O) groups excluding carboxylic acids is 3. The summed E-state index contributed by atoms with van der Waals surface area (Å²) in [6.07, 6.45) is -0.0201. The molecule has 0 saturated carbocycles. The molecule has 0 spiro atoms. The minimum absolute atomic E-state index is 0.00580. The summed E-state index contributed by atoms with van der Waals surface area (Å²) in [7, 11) is 1.37. The van der Waals surface area contributed by atoms with E-state index in [0.717, 1.165) is 4.90 Å². The van der Waals surface area contributed by atoms with Gasteiger partial charge in [-0.3, -0.25) is 19.4 Å². The first-order chi connectivity index (χ1) is 16.8. The van der Waals surface area contributed by atoms with Gasteiger partial charge >= 0.3 is 5.97 Å². The number of carboxylic acid groups (broad SMARTS) is 1. The Morgan fingerprint density at radius 3 is 2.26 bits per heavy atom. The highest BCUT2D eigenvalue weighted by Crippen LogP contribution is 2.21. The van der Waals surface area contributed by atoms with Crippen molar-refractivity contribution in [2.24, 2.45) is 5.73 Å². The van der Waals surface area contributed by atoms with Gasteiger partial charge in [0.15, 0.2) is 0 Å². The van der Waals surface area contributed by atoms with Gasteiger partial charge in [0.25, 0.3) is 5.91 Å². The first kappa shape index (κ1) is 24.9. The number of pyridine rings is 1. The second-order valence-corrected chi connectivity index (χ2v) is 7.40. The Morgan fingerprint density at radius 2 is 1.66 bits per heavy atom. The van der Waals surface area contributed by atoms with Gasteiger partial charge in [0.05, 0.1) is 20.2 Å². The van der Waals surface area contributed by atoms with Crippen LogP contribution < -0.4 is 15.2 Å². The summed E-state index contributed by atoms with van der Waals surface area (Å²) in [6.45, 7) is -1.05. The highest BCUT2D eigenvalue weighted by Gasteiger charge is 2.28. The summed E-state index contributed by atoms with van der Waals surface area (Å²) in [5, 5.41) is 9.64. The zero-order chi connectivity index (χ0) is 25.4. The standard InChI is InChI=1S/C25H23N3O7/c1-34-19-12-16(23(30)20-9-5-6-10-27-20)11-17(13-19)24(31)28(15-22(26)29)14-21(25(32)33)35-18-7-3-2-4-8-18/h2-13,21H,14-15H2,1H3,(H2,26,29)(H,32,33). The van der Waals surface area contributed by atoms with Gasteiger partial charge in [-0.05, 0) is 42.5 Å². The molecule has 0 saturated heterocycles. The van der Waals surface area contributed by atoms with Gasteiger partial charge in [-0.15, -0.1) is 0 Å². The number of amides is 2. The summed E-state index contributed by atoms with van der Waals surface area (Å²) in [5.74, 6) is -2.89. The van der Waals surface area contributed by atoms with Crippen LogP contribution in [0.3, 0.4) is 0 Å². The molecular weight excluding hydrogens is 454 g/mol. The molecule has 1 heterocycles. The van der Waals surface area contributed by atoms with Crippen LogP contribution in [0, 0.1) is 0 Å². The first-order valence-electron chi connectivity index (χ1n) is 10.5. The number of ketones is 1. The summed E-state index contributed by atoms with van der Waals surface area (Å²) >= 11 is 0. The Labute approximate surface area is 200 Å². The van der Waals surface area contributed by atoms with E-state index in [0.29, 0.717) is 0 Å². The predicted octanol–water partition coefficient (Wildman–Crippen LogP) is 1.78. The topological polar surface area (TPSA) is 149 Å². The molecular formula is C25H23N3O7. The van der Waals surface area contributed by atoms with Crippen molar-refractivity contribution in [1.29, 1.82) is 0 Å². The number of nitrogens with two attached hydrogens (primary N) is 1. The van der Waals surface area contributed by atoms with Crippen LogP contribution >= 0.6 is 0 Å². The monoisotopic (exact) mass is 477 g/mol. The van der Waals surface area contributed by atoms with Crippen molar-refractivity contribution < 1.29 is 33.8 Å². The summed E-state index contributed by atoms with van der Waals surface area (Å²) in [4.78, 5) is 54.8. The first-order valence-corrected chi connectivity index (χ1v) is 10.5. The number of primary amides is 1. The molecule has 2 amide bonds. The highest BCUT2D eigenvalue weighted by atomic mass is 16.5. The predicted molar refractivity (Wildman–Crippen MR) is 124 cm³/mol. The molecule has 10 nitrogen and oxygen atoms in total. The van der Waals surface area contributed by atoms with Crippen LogP contribution in [0.1, 0.15) is 26.4 Å². The van der Waals surface area contributed by atoms with Crippen molar-refractivity contribution in [2.75, 3.05) is 20.2 Å². The zero-order valence-corrected chi connectivity index (χ0v) is 18.8. The van der Waals surface area contributed by atoms with E-state index in [9.17, 15) is 24.3 Å². The van der Waals surface area contributed by atoms with Gasteiger partial charge in [-0.1, -0.05) is 24.3 Å². The molecule has 0 aliphatic heterocycles. The summed E-state index contributed by atoms with van der Waals surface area (Å²) < 4.78 is 10.7. The van der Waals surface area contributed by atoms with E-state index >= 15 is 0 Å². The van der Waals surface area contributed by atoms with Crippen LogP contribution in [-0.2, 0) is 9.59 Å². The van der Waals surface area contributed by atoms with Crippen molar-refractivity contribution in [3.8, 4) is 11.5 Å². The lowest BCUT2D eigenvalue weighted by Crippen LogP contribution is -2.46. The van der Waals surface area contributed by atoms with Crippen LogP contribution in [0.25, 0.3) is 0 Å². The molecule has 3 N–H and O–H groups in total. The van der Waals surface area contributed by atoms with E-state index < -0.39 is 42.8 Å². The van der Waals surface area contributed by atoms with Crippen molar-refractivity contribution >= 4 is 23.6 Å². The maximum Gasteiger partial charge on any atom is 0.346 e. The number of methoxy groups -OCH3 is 1. The van der Waals surface area contributed by atoms with E-state index in [1.807, 2.05) is 0 Å². The molecule has 1 atom stereocenters. The molecule has 180 valence electrons. The molecule has 2 aromatic carbocycles. The molecule has 1 aromatic heterocycles. The fourth-order valence-electron chi connectivity index (χ4n) is 3.24. The number of hydrogen-bond donors (Lipinski definition) is 2. The van der Waals surface area contributed by atoms with Crippen molar-refractivity contribution in [1.82, 2.24) is 9.88 Å². The normalized spacial score (nSPS) is 11.2. The average Bonchev–Trinajstić information content (AvgIpc) is 2.87. The number of nitrogens with zero attached hydrogens (tertiary/aromatic N) is 2. The Morgan fingerprint density at radius 1 is 0.971 bits per heavy atom. The third kappa shape index (κ3) is 6.64. The summed E-state index contributed by atoms with van der Waals surface area (Å²) in [6, 6.07) is 17.2. The molecule has 35 heavy (non-hydrogen) atoms. The number of para-hydroxylation sites is 1. The summed E-state index contributed by atoms with van der Waals surface area (Å²) in [5.41, 5.74) is 5.60. The largest absolute Gasteiger partial charge is 0.497 e. The lowest BCUT2D eigenvalue weighted by Gasteiger charge is -2.25. The van der Waals surface area contributed by atoms with Crippen molar-refractivity contribution in [2.45, 2.75) is 6.10 Å². The van der Waals surface area contributed by atoms with Gasteiger partial charge in [0.2, 0.25) is 17.8 Å². The Hall–Kier alpha value is -4.73. The Bertz CT molecular complexity index is 1220. The van der Waals surface area contributed by atoms with Crippen LogP contribution in [0.5, 0.6) is 11.5 Å². The van der Waals surface area contributed by atoms with Gasteiger partial charge in [0.1, 0.15) is 17.2 Å². The number of benzene rings is 2. The maximum absolute atomic E-state index is 13.4. The van der Waals surface area contributed by atoms with Crippen LogP contribution in [0.4, 0.5) is 0 Å². The number of carboxylic acids is 1. The van der Waals surface area contributed by atoms with Crippen LogP contribution in [-0.4, -0.2) is 64.9 Å². The molecule has 3 rings (SSSR count). The number of aliphatic carboxylic acids is 1. The molecule has 10 heteroatoms. The smallest absolute Gasteiger partial charge is 0.346 e. The number of hydrogen-bond acceptors (Lipinski definition) is 7.